The summed E-state index contributed by atoms with van der Waals surface area (Å²) in [7, 11) is 3.56. The van der Waals surface area contributed by atoms with E-state index in [1.807, 2.05) is 45.9 Å². The lowest BCUT2D eigenvalue weighted by molar-refractivity contribution is -0.490. The maximum atomic E-state index is 14.6. The first-order valence-corrected chi connectivity index (χ1v) is 16.3. The number of carbonyl (C=O) groups is 2. The molecule has 4 heterocycles. The van der Waals surface area contributed by atoms with Crippen molar-refractivity contribution < 1.29 is 32.4 Å². The average molecular weight is 664 g/mol. The Labute approximate surface area is 278 Å². The number of aromatic nitrogens is 1. The van der Waals surface area contributed by atoms with E-state index < -0.39 is 42.1 Å². The molecule has 0 radical (unpaired) electrons. The van der Waals surface area contributed by atoms with Crippen molar-refractivity contribution in [3.05, 3.63) is 91.9 Å². The Bertz CT molecular complexity index is 1870. The summed E-state index contributed by atoms with van der Waals surface area (Å²) < 4.78 is 45.9. The van der Waals surface area contributed by atoms with Crippen LogP contribution in [0.5, 0.6) is 0 Å². The molecular formula is C37H42F3N4O4+. The molecule has 11 heteroatoms. The largest absolute Gasteiger partial charge is 0.481 e. The molecule has 2 atom stereocenters. The number of carbonyl (C=O) groups excluding carboxylic acids is 1. The zero-order valence-electron chi connectivity index (χ0n) is 28.2. The summed E-state index contributed by atoms with van der Waals surface area (Å²) in [5.41, 5.74) is 5.99. The van der Waals surface area contributed by atoms with Crippen LogP contribution < -0.4 is 5.56 Å². The van der Waals surface area contributed by atoms with E-state index >= 15 is 0 Å². The fourth-order valence-corrected chi connectivity index (χ4v) is 6.98. The van der Waals surface area contributed by atoms with Crippen molar-refractivity contribution in [3.63, 3.8) is 0 Å². The molecule has 0 spiro atoms. The number of fused-ring (bicyclic) bond motifs is 2. The van der Waals surface area contributed by atoms with E-state index in [9.17, 15) is 32.7 Å². The lowest BCUT2D eigenvalue weighted by atomic mass is 9.91. The minimum Gasteiger partial charge on any atom is -0.481 e. The second-order valence-corrected chi connectivity index (χ2v) is 13.5. The second kappa shape index (κ2) is 13.6. The molecule has 2 aromatic rings. The topological polar surface area (TPSA) is 85.9 Å². The van der Waals surface area contributed by atoms with Gasteiger partial charge in [-0.15, -0.1) is 4.58 Å². The fourth-order valence-electron chi connectivity index (χ4n) is 6.98. The molecule has 1 aromatic carbocycles. The van der Waals surface area contributed by atoms with Crippen molar-refractivity contribution in [1.29, 1.82) is 0 Å². The molecule has 48 heavy (non-hydrogen) atoms. The number of benzene rings is 1. The summed E-state index contributed by atoms with van der Waals surface area (Å²) in [6, 6.07) is 5.39. The molecule has 1 aromatic heterocycles. The first-order chi connectivity index (χ1) is 22.6. The van der Waals surface area contributed by atoms with Gasteiger partial charge >= 0.3 is 18.1 Å². The third-order valence-electron chi connectivity index (χ3n) is 9.21. The molecule has 3 aliphatic rings. The number of alkyl halides is 3. The smallest absolute Gasteiger partial charge is 0.419 e. The Hall–Kier alpha value is -4.43. The molecule has 0 aliphatic carbocycles. The van der Waals surface area contributed by atoms with Crippen LogP contribution in [0.3, 0.4) is 0 Å². The number of carboxylic acid groups (broad SMARTS) is 1. The number of carboxylic acids is 1. The maximum Gasteiger partial charge on any atom is 0.419 e. The number of hydrogen-bond acceptors (Lipinski definition) is 5. The summed E-state index contributed by atoms with van der Waals surface area (Å²) in [6.07, 6.45) is -1.17. The first-order valence-electron chi connectivity index (χ1n) is 16.3. The van der Waals surface area contributed by atoms with Gasteiger partial charge in [-0.3, -0.25) is 9.59 Å². The molecule has 254 valence electrons. The van der Waals surface area contributed by atoms with Gasteiger partial charge in [0, 0.05) is 41.8 Å². The Morgan fingerprint density at radius 2 is 1.85 bits per heavy atom. The van der Waals surface area contributed by atoms with Gasteiger partial charge < -0.3 is 19.5 Å². The van der Waals surface area contributed by atoms with Gasteiger partial charge in [0.2, 0.25) is 11.9 Å². The molecule has 0 unspecified atom stereocenters. The highest BCUT2D eigenvalue weighted by Gasteiger charge is 2.46. The van der Waals surface area contributed by atoms with Crippen LogP contribution in [0.15, 0.2) is 63.9 Å². The first kappa shape index (κ1) is 34.9. The molecular weight excluding hydrogens is 621 g/mol. The number of nitrogens with zero attached hydrogens (tertiary/aromatic N) is 4. The highest BCUT2D eigenvalue weighted by atomic mass is 19.4. The quantitative estimate of drug-likeness (QED) is 0.252. The summed E-state index contributed by atoms with van der Waals surface area (Å²) in [6.45, 7) is 8.47. The molecule has 1 amide bonds. The summed E-state index contributed by atoms with van der Waals surface area (Å²) in [5.74, 6) is 1.12. The van der Waals surface area contributed by atoms with Crippen LogP contribution in [0.25, 0.3) is 11.1 Å². The van der Waals surface area contributed by atoms with Gasteiger partial charge in [-0.2, -0.15) is 13.2 Å². The van der Waals surface area contributed by atoms with Gasteiger partial charge in [0.25, 0.3) is 5.56 Å². The number of allylic oxidation sites excluding steroid dienone is 2. The Kier molecular flexibility index (Phi) is 9.88. The van der Waals surface area contributed by atoms with E-state index in [4.69, 9.17) is 0 Å². The van der Waals surface area contributed by atoms with Crippen LogP contribution in [-0.4, -0.2) is 74.7 Å². The molecule has 0 saturated carbocycles. The third-order valence-corrected chi connectivity index (χ3v) is 9.21. The number of hydrogen-bond donors (Lipinski definition) is 1. The van der Waals surface area contributed by atoms with Crippen molar-refractivity contribution in [3.8, 4) is 11.1 Å². The van der Waals surface area contributed by atoms with Gasteiger partial charge in [-0.1, -0.05) is 32.0 Å². The predicted octanol–water partition coefficient (Wildman–Crippen LogP) is 5.91. The van der Waals surface area contributed by atoms with E-state index in [-0.39, 0.29) is 35.6 Å². The molecule has 0 saturated heterocycles. The van der Waals surface area contributed by atoms with E-state index in [0.717, 1.165) is 22.8 Å². The Morgan fingerprint density at radius 3 is 2.46 bits per heavy atom. The van der Waals surface area contributed by atoms with Crippen molar-refractivity contribution in [1.82, 2.24) is 14.4 Å². The van der Waals surface area contributed by atoms with Gasteiger partial charge in [0.15, 0.2) is 6.04 Å². The molecule has 3 aliphatic heterocycles. The zero-order chi connectivity index (χ0) is 35.1. The minimum atomic E-state index is -4.64. The number of pyridine rings is 1. The molecule has 1 N–H and O–H groups in total. The van der Waals surface area contributed by atoms with Gasteiger partial charge in [-0.25, -0.2) is 4.79 Å². The van der Waals surface area contributed by atoms with E-state index in [0.29, 0.717) is 42.8 Å². The lowest BCUT2D eigenvalue weighted by Gasteiger charge is -2.33. The van der Waals surface area contributed by atoms with Crippen LogP contribution in [0.2, 0.25) is 0 Å². The van der Waals surface area contributed by atoms with Crippen LogP contribution in [0.4, 0.5) is 13.2 Å². The van der Waals surface area contributed by atoms with Crippen molar-refractivity contribution in [2.45, 2.75) is 84.6 Å². The Morgan fingerprint density at radius 1 is 1.17 bits per heavy atom. The van der Waals surface area contributed by atoms with Gasteiger partial charge in [0.1, 0.15) is 6.42 Å². The SMILES string of the molecule is Cc1cccc(C)c1-c1cc([C@H](CC(=O)O)[N+]2=C=C=C3C=C(C(F)(F)F)C(CCN(C)C)=CN3[C@H](CC(C)C)C2=O)c2n(c1=O)CCC2. The number of aryl methyl sites for hydroxylation is 2. The van der Waals surface area contributed by atoms with E-state index in [1.54, 1.807) is 29.6 Å². The highest BCUT2D eigenvalue weighted by Crippen LogP contribution is 2.40. The zero-order valence-corrected chi connectivity index (χ0v) is 28.2. The van der Waals surface area contributed by atoms with Crippen molar-refractivity contribution >= 4 is 17.7 Å². The Balaban J connectivity index is 1.78. The third kappa shape index (κ3) is 6.90. The van der Waals surface area contributed by atoms with Crippen molar-refractivity contribution in [2.24, 2.45) is 5.92 Å². The number of amides is 1. The van der Waals surface area contributed by atoms with Crippen LogP contribution >= 0.6 is 0 Å². The monoisotopic (exact) mass is 663 g/mol. The summed E-state index contributed by atoms with van der Waals surface area (Å²) in [4.78, 5) is 44.3. The van der Waals surface area contributed by atoms with Crippen LogP contribution in [0.1, 0.15) is 68.0 Å². The number of halogens is 3. The summed E-state index contributed by atoms with van der Waals surface area (Å²) in [5, 5.41) is 10.2. The standard InChI is InChI=1S/C37H41F3N4O4/c1-22(2)17-32-36(48)43(16-13-26-18-29(37(38,39)40)25(21-44(26)32)12-15-41(5)6)31(20-33(45)46)27-19-28(34-23(3)9-7-10-24(34)4)35(47)42-14-8-11-30(27)42/h7,9-10,18-19,21-22,31-32H,8,11-12,14-15,17,20H2,1-6H3/p+1/t31-,32+/m0/s1. The van der Waals surface area contributed by atoms with Crippen molar-refractivity contribution in [2.75, 3.05) is 20.6 Å². The molecule has 5 rings (SSSR count). The normalized spacial score (nSPS) is 18.3. The average Bonchev–Trinajstić information content (AvgIpc) is 3.45. The highest BCUT2D eigenvalue weighted by molar-refractivity contribution is 5.80. The van der Waals surface area contributed by atoms with Crippen LogP contribution in [-0.2, 0) is 22.6 Å². The van der Waals surface area contributed by atoms with E-state index in [2.05, 4.69) is 11.6 Å². The predicted molar refractivity (Wildman–Crippen MR) is 177 cm³/mol. The lowest BCUT2D eigenvalue weighted by Crippen LogP contribution is -2.45. The van der Waals surface area contributed by atoms with Crippen LogP contribution in [0, 0.1) is 19.8 Å². The van der Waals surface area contributed by atoms with Gasteiger partial charge in [-0.05, 0) is 93.9 Å². The molecule has 0 fully saturated rings. The molecule has 8 nitrogen and oxygen atoms in total. The van der Waals surface area contributed by atoms with Gasteiger partial charge in [0.05, 0.1) is 11.3 Å². The number of rotatable bonds is 10. The number of aliphatic carboxylic acids is 1. The second-order valence-electron chi connectivity index (χ2n) is 13.5. The fraction of sp³-hybridized carbons (Fsp3) is 0.459. The summed E-state index contributed by atoms with van der Waals surface area (Å²) >= 11 is 0. The maximum absolute atomic E-state index is 14.6. The van der Waals surface area contributed by atoms with E-state index in [1.165, 1.54) is 15.7 Å². The minimum absolute atomic E-state index is 0.0252. The molecule has 0 bridgehead atoms.